The van der Waals surface area contributed by atoms with E-state index >= 15 is 0 Å². The first kappa shape index (κ1) is 20.6. The number of nitrogens with one attached hydrogen (secondary N) is 1. The third-order valence-corrected chi connectivity index (χ3v) is 6.44. The van der Waals surface area contributed by atoms with Crippen molar-refractivity contribution in [3.05, 3.63) is 41.0 Å². The van der Waals surface area contributed by atoms with Crippen LogP contribution in [0, 0.1) is 0 Å². The first-order valence-corrected chi connectivity index (χ1v) is 10.6. The van der Waals surface area contributed by atoms with E-state index in [9.17, 15) is 22.0 Å². The molecular formula is C18H16ClF2N3O5S. The Morgan fingerprint density at radius 1 is 1.37 bits per heavy atom. The second-order valence-corrected chi connectivity index (χ2v) is 9.02. The Bertz CT molecular complexity index is 1130. The molecule has 1 aromatic carbocycles. The van der Waals surface area contributed by atoms with Crippen molar-refractivity contribution in [2.45, 2.75) is 23.3 Å². The van der Waals surface area contributed by atoms with Gasteiger partial charge in [-0.3, -0.25) is 9.52 Å². The van der Waals surface area contributed by atoms with Crippen molar-refractivity contribution in [2.24, 2.45) is 0 Å². The summed E-state index contributed by atoms with van der Waals surface area (Å²) < 4.78 is 65.9. The van der Waals surface area contributed by atoms with Gasteiger partial charge in [0.25, 0.3) is 21.9 Å². The highest BCUT2D eigenvalue weighted by atomic mass is 35.5. The molecule has 30 heavy (non-hydrogen) atoms. The van der Waals surface area contributed by atoms with Gasteiger partial charge in [-0.15, -0.1) is 0 Å². The molecule has 3 heterocycles. The maximum absolute atomic E-state index is 13.7. The fourth-order valence-electron chi connectivity index (χ4n) is 3.46. The number of hydrogen-bond donors (Lipinski definition) is 1. The van der Waals surface area contributed by atoms with Crippen LogP contribution in [0.3, 0.4) is 0 Å². The Kier molecular flexibility index (Phi) is 4.97. The molecule has 2 aromatic rings. The second-order valence-electron chi connectivity index (χ2n) is 6.94. The number of sulfonamides is 1. The van der Waals surface area contributed by atoms with E-state index in [-0.39, 0.29) is 39.4 Å². The topological polar surface area (TPSA) is 97.8 Å². The van der Waals surface area contributed by atoms with Gasteiger partial charge in [0.15, 0.2) is 0 Å². The van der Waals surface area contributed by atoms with Crippen molar-refractivity contribution >= 4 is 33.2 Å². The molecule has 1 atom stereocenters. The number of anilines is 1. The van der Waals surface area contributed by atoms with E-state index in [2.05, 4.69) is 9.71 Å². The number of carbonyl (C=O) groups is 1. The number of hydrogen-bond acceptors (Lipinski definition) is 6. The van der Waals surface area contributed by atoms with Crippen LogP contribution in [0.25, 0.3) is 0 Å². The van der Waals surface area contributed by atoms with Gasteiger partial charge in [-0.1, -0.05) is 11.6 Å². The van der Waals surface area contributed by atoms with Crippen LogP contribution >= 0.6 is 11.6 Å². The van der Waals surface area contributed by atoms with E-state index < -0.39 is 40.9 Å². The molecule has 4 rings (SSSR count). The highest BCUT2D eigenvalue weighted by Crippen LogP contribution is 2.37. The summed E-state index contributed by atoms with van der Waals surface area (Å²) in [4.78, 5) is 17.6. The number of benzene rings is 1. The lowest BCUT2D eigenvalue weighted by Crippen LogP contribution is -2.37. The highest BCUT2D eigenvalue weighted by Gasteiger charge is 2.49. The fourth-order valence-corrected chi connectivity index (χ4v) is 4.93. The maximum Gasteiger partial charge on any atom is 0.267 e. The summed E-state index contributed by atoms with van der Waals surface area (Å²) in [5.74, 6) is -3.67. The smallest absolute Gasteiger partial charge is 0.267 e. The predicted octanol–water partition coefficient (Wildman–Crippen LogP) is 2.79. The summed E-state index contributed by atoms with van der Waals surface area (Å²) in [6, 6.07) is 4.51. The van der Waals surface area contributed by atoms with Gasteiger partial charge in [-0.25, -0.2) is 22.2 Å². The van der Waals surface area contributed by atoms with Crippen molar-refractivity contribution in [3.8, 4) is 11.6 Å². The Morgan fingerprint density at radius 3 is 2.87 bits per heavy atom. The quantitative estimate of drug-likeness (QED) is 0.755. The Labute approximate surface area is 175 Å². The molecular weight excluding hydrogens is 444 g/mol. The molecule has 1 amide bonds. The zero-order valence-corrected chi connectivity index (χ0v) is 17.1. The minimum Gasteiger partial charge on any atom is -0.495 e. The molecule has 0 radical (unpaired) electrons. The van der Waals surface area contributed by atoms with Crippen LogP contribution in [0.2, 0.25) is 5.02 Å². The van der Waals surface area contributed by atoms with Gasteiger partial charge in [0.05, 0.1) is 31.6 Å². The van der Waals surface area contributed by atoms with Gasteiger partial charge in [0.1, 0.15) is 22.8 Å². The van der Waals surface area contributed by atoms with Gasteiger partial charge in [-0.05, 0) is 24.3 Å². The van der Waals surface area contributed by atoms with E-state index in [1.54, 1.807) is 0 Å². The van der Waals surface area contributed by atoms with Gasteiger partial charge < -0.3 is 14.4 Å². The minimum atomic E-state index is -4.15. The summed E-state index contributed by atoms with van der Waals surface area (Å²) in [6.45, 7) is -0.846. The molecule has 160 valence electrons. The number of pyridine rings is 1. The number of methoxy groups -OCH3 is 1. The molecule has 1 aromatic heterocycles. The summed E-state index contributed by atoms with van der Waals surface area (Å²) in [5, 5.41) is 0.181. The van der Waals surface area contributed by atoms with Crippen molar-refractivity contribution in [3.63, 3.8) is 0 Å². The second kappa shape index (κ2) is 7.24. The number of rotatable bonds is 4. The van der Waals surface area contributed by atoms with E-state index in [1.807, 2.05) is 0 Å². The number of aromatic nitrogens is 1. The largest absolute Gasteiger partial charge is 0.495 e. The highest BCUT2D eigenvalue weighted by molar-refractivity contribution is 7.92. The average Bonchev–Trinajstić information content (AvgIpc) is 2.94. The third-order valence-electron chi connectivity index (χ3n) is 4.80. The summed E-state index contributed by atoms with van der Waals surface area (Å²) in [6.07, 6.45) is 0.673. The molecule has 8 nitrogen and oxygen atoms in total. The van der Waals surface area contributed by atoms with Crippen LogP contribution in [0.5, 0.6) is 11.6 Å². The first-order chi connectivity index (χ1) is 14.1. The van der Waals surface area contributed by atoms with E-state index in [4.69, 9.17) is 21.1 Å². The van der Waals surface area contributed by atoms with Gasteiger partial charge in [0, 0.05) is 11.4 Å². The molecule has 1 N–H and O–H groups in total. The lowest BCUT2D eigenvalue weighted by Gasteiger charge is -2.19. The number of carbonyl (C=O) groups excluding carboxylic acids is 1. The van der Waals surface area contributed by atoms with Gasteiger partial charge >= 0.3 is 0 Å². The Hall–Kier alpha value is -2.66. The van der Waals surface area contributed by atoms with Crippen molar-refractivity contribution in [2.75, 3.05) is 25.0 Å². The van der Waals surface area contributed by atoms with Crippen LogP contribution in [0.1, 0.15) is 16.8 Å². The van der Waals surface area contributed by atoms with Crippen LogP contribution < -0.4 is 14.2 Å². The zero-order valence-electron chi connectivity index (χ0n) is 15.6. The molecule has 1 fully saturated rings. The van der Waals surface area contributed by atoms with Crippen LogP contribution in [0.4, 0.5) is 14.5 Å². The molecule has 0 spiro atoms. The number of halogens is 3. The van der Waals surface area contributed by atoms with E-state index in [1.165, 1.54) is 37.6 Å². The summed E-state index contributed by atoms with van der Waals surface area (Å²) in [7, 11) is -2.84. The molecule has 0 unspecified atom stereocenters. The lowest BCUT2D eigenvalue weighted by molar-refractivity contribution is 0.0113. The van der Waals surface area contributed by atoms with Crippen LogP contribution in [0.15, 0.2) is 35.4 Å². The lowest BCUT2D eigenvalue weighted by atomic mass is 10.2. The molecule has 2 aliphatic heterocycles. The molecule has 2 aliphatic rings. The summed E-state index contributed by atoms with van der Waals surface area (Å²) in [5.41, 5.74) is -0.148. The number of fused-ring (bicyclic) bond motifs is 2. The van der Waals surface area contributed by atoms with Crippen molar-refractivity contribution < 1.29 is 31.5 Å². The Morgan fingerprint density at radius 2 is 2.13 bits per heavy atom. The first-order valence-electron chi connectivity index (χ1n) is 8.78. The number of alkyl halides is 2. The van der Waals surface area contributed by atoms with Crippen molar-refractivity contribution in [1.82, 2.24) is 9.88 Å². The number of ether oxygens (including phenoxy) is 2. The van der Waals surface area contributed by atoms with Crippen molar-refractivity contribution in [1.29, 1.82) is 0 Å². The molecule has 0 aliphatic carbocycles. The fraction of sp³-hybridized carbons (Fsp3) is 0.333. The van der Waals surface area contributed by atoms with E-state index in [0.717, 1.165) is 4.90 Å². The van der Waals surface area contributed by atoms with Crippen LogP contribution in [-0.2, 0) is 10.0 Å². The Balaban J connectivity index is 1.66. The SMILES string of the molecule is COc1ccc(Cl)cc1S(=O)(=O)Nc1cnc2c(c1)C(=O)N1CC(F)(F)C[C@@H]1CO2. The zero-order chi connectivity index (χ0) is 21.7. The van der Waals surface area contributed by atoms with E-state index in [0.29, 0.717) is 0 Å². The van der Waals surface area contributed by atoms with Crippen LogP contribution in [-0.4, -0.2) is 56.4 Å². The molecule has 12 heteroatoms. The van der Waals surface area contributed by atoms with Gasteiger partial charge in [-0.2, -0.15) is 0 Å². The monoisotopic (exact) mass is 459 g/mol. The minimum absolute atomic E-state index is 0.0407. The predicted molar refractivity (Wildman–Crippen MR) is 103 cm³/mol. The molecule has 0 bridgehead atoms. The normalized spacial score (nSPS) is 20.1. The number of nitrogens with zero attached hydrogens (tertiary/aromatic N) is 2. The average molecular weight is 460 g/mol. The molecule has 1 saturated heterocycles. The molecule has 0 saturated carbocycles. The number of amides is 1. The standard InChI is InChI=1S/C18H16ClF2N3O5S/c1-28-14-3-2-10(19)4-15(14)30(26,27)23-11-5-13-16(22-7-11)29-8-12-6-18(20,21)9-24(12)17(13)25/h2-5,7,12,23H,6,8-9H2,1H3/t12-/m1/s1. The van der Waals surface area contributed by atoms with Gasteiger partial charge in [0.2, 0.25) is 5.88 Å². The third kappa shape index (κ3) is 3.74. The maximum atomic E-state index is 13.7. The summed E-state index contributed by atoms with van der Waals surface area (Å²) >= 11 is 5.90.